The van der Waals surface area contributed by atoms with E-state index in [4.69, 9.17) is 9.47 Å². The summed E-state index contributed by atoms with van der Waals surface area (Å²) in [5.41, 5.74) is 0.0504. The van der Waals surface area contributed by atoms with Gasteiger partial charge in [-0.25, -0.2) is 4.98 Å². The van der Waals surface area contributed by atoms with E-state index in [1.165, 1.54) is 31.2 Å². The highest BCUT2D eigenvalue weighted by atomic mass is 16.5. The van der Waals surface area contributed by atoms with Crippen molar-refractivity contribution >= 4 is 22.7 Å². The summed E-state index contributed by atoms with van der Waals surface area (Å²) in [5, 5.41) is 5.72. The summed E-state index contributed by atoms with van der Waals surface area (Å²) in [6.45, 7) is 5.90. The van der Waals surface area contributed by atoms with Gasteiger partial charge in [0.05, 0.1) is 38.0 Å². The van der Waals surface area contributed by atoms with E-state index in [1.54, 1.807) is 6.07 Å². The van der Waals surface area contributed by atoms with Crippen LogP contribution in [0.3, 0.4) is 0 Å². The Kier molecular flexibility index (Phi) is 8.84. The van der Waals surface area contributed by atoms with E-state index in [0.29, 0.717) is 28.3 Å². The number of fused-ring (bicyclic) bond motifs is 1. The van der Waals surface area contributed by atoms with Gasteiger partial charge in [-0.05, 0) is 25.3 Å². The molecule has 1 aromatic heterocycles. The van der Waals surface area contributed by atoms with Crippen molar-refractivity contribution in [3.63, 3.8) is 0 Å². The Morgan fingerprint density at radius 2 is 1.74 bits per heavy atom. The third-order valence-corrected chi connectivity index (χ3v) is 4.92. The highest BCUT2D eigenvalue weighted by Gasteiger charge is 2.14. The van der Waals surface area contributed by atoms with Crippen LogP contribution in [0.4, 0.5) is 0 Å². The average Bonchev–Trinajstić information content (AvgIpc) is 2.73. The third kappa shape index (κ3) is 6.97. The summed E-state index contributed by atoms with van der Waals surface area (Å²) < 4.78 is 11.6. The lowest BCUT2D eigenvalue weighted by Crippen LogP contribution is -2.42. The first-order valence-corrected chi connectivity index (χ1v) is 10.4. The van der Waals surface area contributed by atoms with Crippen LogP contribution in [0.5, 0.6) is 11.5 Å². The third-order valence-electron chi connectivity index (χ3n) is 4.92. The van der Waals surface area contributed by atoms with Crippen LogP contribution in [0.15, 0.2) is 23.3 Å². The number of benzene rings is 1. The summed E-state index contributed by atoms with van der Waals surface area (Å²) in [5.74, 6) is 0.785. The van der Waals surface area contributed by atoms with E-state index < -0.39 is 5.91 Å². The molecule has 0 spiro atoms. The molecule has 2 amide bonds. The number of hydrogen-bond acceptors (Lipinski definition) is 6. The predicted molar refractivity (Wildman–Crippen MR) is 118 cm³/mol. The summed E-state index contributed by atoms with van der Waals surface area (Å²) in [4.78, 5) is 41.2. The molecule has 0 fully saturated rings. The fraction of sp³-hybridized carbons (Fsp3) is 0.545. The van der Waals surface area contributed by atoms with Crippen molar-refractivity contribution in [2.45, 2.75) is 52.6 Å². The van der Waals surface area contributed by atoms with Gasteiger partial charge >= 0.3 is 0 Å². The van der Waals surface area contributed by atoms with E-state index in [1.807, 2.05) is 6.92 Å². The molecule has 0 aliphatic carbocycles. The Morgan fingerprint density at radius 1 is 1.06 bits per heavy atom. The van der Waals surface area contributed by atoms with Crippen molar-refractivity contribution in [3.05, 3.63) is 28.8 Å². The Labute approximate surface area is 182 Å². The first kappa shape index (κ1) is 24.2. The molecule has 9 nitrogen and oxygen atoms in total. The maximum atomic E-state index is 12.7. The minimum atomic E-state index is -0.452. The van der Waals surface area contributed by atoms with Crippen molar-refractivity contribution in [2.24, 2.45) is 5.92 Å². The number of hydrogen-bond donors (Lipinski definition) is 2. The second-order valence-electron chi connectivity index (χ2n) is 7.97. The second kappa shape index (κ2) is 11.3. The lowest BCUT2D eigenvalue weighted by atomic mass is 10.0. The van der Waals surface area contributed by atoms with E-state index >= 15 is 0 Å². The highest BCUT2D eigenvalue weighted by Crippen LogP contribution is 2.29. The van der Waals surface area contributed by atoms with Crippen LogP contribution in [0.25, 0.3) is 10.9 Å². The molecule has 1 unspecified atom stereocenters. The molecular formula is C22H32N4O5. The molecule has 31 heavy (non-hydrogen) atoms. The van der Waals surface area contributed by atoms with Crippen molar-refractivity contribution in [3.8, 4) is 11.5 Å². The largest absolute Gasteiger partial charge is 0.493 e. The average molecular weight is 433 g/mol. The number of rotatable bonds is 11. The molecule has 0 saturated heterocycles. The first-order chi connectivity index (χ1) is 14.7. The maximum absolute atomic E-state index is 12.7. The number of carbonyl (C=O) groups is 2. The quantitative estimate of drug-likeness (QED) is 0.561. The molecule has 0 aliphatic rings. The van der Waals surface area contributed by atoms with Gasteiger partial charge in [-0.3, -0.25) is 19.0 Å². The van der Waals surface area contributed by atoms with Crippen molar-refractivity contribution in [1.82, 2.24) is 20.2 Å². The minimum absolute atomic E-state index is 0.0439. The number of nitrogens with one attached hydrogen (secondary N) is 2. The molecule has 2 N–H and O–H groups in total. The Balaban J connectivity index is 1.94. The molecule has 0 radical (unpaired) electrons. The zero-order valence-corrected chi connectivity index (χ0v) is 18.9. The van der Waals surface area contributed by atoms with E-state index in [0.717, 1.165) is 19.3 Å². The fourth-order valence-electron chi connectivity index (χ4n) is 3.22. The van der Waals surface area contributed by atoms with Gasteiger partial charge in [0.15, 0.2) is 11.5 Å². The molecule has 9 heteroatoms. The minimum Gasteiger partial charge on any atom is -0.493 e. The van der Waals surface area contributed by atoms with Crippen LogP contribution in [0, 0.1) is 5.92 Å². The predicted octanol–water partition coefficient (Wildman–Crippen LogP) is 1.86. The smallest absolute Gasteiger partial charge is 0.261 e. The van der Waals surface area contributed by atoms with Crippen LogP contribution in [-0.2, 0) is 16.1 Å². The molecule has 1 heterocycles. The van der Waals surface area contributed by atoms with Crippen LogP contribution in [0.1, 0.15) is 40.0 Å². The Morgan fingerprint density at radius 3 is 2.39 bits per heavy atom. The van der Waals surface area contributed by atoms with Crippen LogP contribution in [-0.4, -0.2) is 48.2 Å². The molecule has 0 saturated carbocycles. The van der Waals surface area contributed by atoms with Gasteiger partial charge < -0.3 is 20.1 Å². The summed E-state index contributed by atoms with van der Waals surface area (Å²) in [6.07, 6.45) is 4.35. The summed E-state index contributed by atoms with van der Waals surface area (Å²) >= 11 is 0. The lowest BCUT2D eigenvalue weighted by molar-refractivity contribution is -0.126. The molecular weight excluding hydrogens is 400 g/mol. The van der Waals surface area contributed by atoms with Gasteiger partial charge in [0, 0.05) is 12.1 Å². The van der Waals surface area contributed by atoms with E-state index in [-0.39, 0.29) is 30.6 Å². The van der Waals surface area contributed by atoms with Crippen molar-refractivity contribution in [2.75, 3.05) is 20.8 Å². The molecule has 0 bridgehead atoms. The SMILES string of the molecule is COc1cc2ncn(CC(=O)NCC(=O)NC(C)CCCC(C)C)c(=O)c2cc1OC. The zero-order chi connectivity index (χ0) is 23.0. The van der Waals surface area contributed by atoms with Gasteiger partial charge in [0.25, 0.3) is 5.56 Å². The van der Waals surface area contributed by atoms with Crippen LogP contribution >= 0.6 is 0 Å². The van der Waals surface area contributed by atoms with Gasteiger partial charge in [0.1, 0.15) is 6.54 Å². The van der Waals surface area contributed by atoms with Crippen molar-refractivity contribution in [1.29, 1.82) is 0 Å². The van der Waals surface area contributed by atoms with Gasteiger partial charge in [-0.15, -0.1) is 0 Å². The second-order valence-corrected chi connectivity index (χ2v) is 7.97. The van der Waals surface area contributed by atoms with E-state index in [9.17, 15) is 14.4 Å². The van der Waals surface area contributed by atoms with Gasteiger partial charge in [-0.2, -0.15) is 0 Å². The molecule has 1 atom stereocenters. The van der Waals surface area contributed by atoms with E-state index in [2.05, 4.69) is 29.5 Å². The summed E-state index contributed by atoms with van der Waals surface area (Å²) in [7, 11) is 2.97. The lowest BCUT2D eigenvalue weighted by Gasteiger charge is -2.15. The normalized spacial score (nSPS) is 11.9. The summed E-state index contributed by atoms with van der Waals surface area (Å²) in [6, 6.07) is 3.18. The van der Waals surface area contributed by atoms with Crippen molar-refractivity contribution < 1.29 is 19.1 Å². The number of ether oxygens (including phenoxy) is 2. The topological polar surface area (TPSA) is 112 Å². The van der Waals surface area contributed by atoms with Gasteiger partial charge in [0.2, 0.25) is 11.8 Å². The van der Waals surface area contributed by atoms with Crippen LogP contribution in [0.2, 0.25) is 0 Å². The Bertz CT molecular complexity index is 970. The van der Waals surface area contributed by atoms with Crippen LogP contribution < -0.4 is 25.7 Å². The number of amides is 2. The first-order valence-electron chi connectivity index (χ1n) is 10.4. The molecule has 0 aliphatic heterocycles. The van der Waals surface area contributed by atoms with Gasteiger partial charge in [-0.1, -0.05) is 26.7 Å². The Hall–Kier alpha value is -3.10. The fourth-order valence-corrected chi connectivity index (χ4v) is 3.22. The zero-order valence-electron chi connectivity index (χ0n) is 18.9. The number of methoxy groups -OCH3 is 2. The number of nitrogens with zero attached hydrogens (tertiary/aromatic N) is 2. The molecule has 2 aromatic rings. The number of aromatic nitrogens is 2. The monoisotopic (exact) mass is 432 g/mol. The molecule has 170 valence electrons. The number of carbonyl (C=O) groups excluding carboxylic acids is 2. The molecule has 2 rings (SSSR count). The highest BCUT2D eigenvalue weighted by molar-refractivity contribution is 5.85. The standard InChI is InChI=1S/C22H32N4O5/c1-14(2)7-6-8-15(3)25-20(27)11-23-21(28)12-26-13-24-17-10-19(31-5)18(30-4)9-16(17)22(26)29/h9-10,13-15H,6-8,11-12H2,1-5H3,(H,23,28)(H,25,27). The molecule has 1 aromatic carbocycles. The maximum Gasteiger partial charge on any atom is 0.261 e.